The molecule has 18 heavy (non-hydrogen) atoms. The third-order valence-electron chi connectivity index (χ3n) is 3.75. The van der Waals surface area contributed by atoms with E-state index in [-0.39, 0.29) is 0 Å². The van der Waals surface area contributed by atoms with Gasteiger partial charge in [0.2, 0.25) is 0 Å². The Balaban J connectivity index is 2.36. The molecule has 1 fully saturated rings. The fraction of sp³-hybridized carbons (Fsp3) is 0.600. The first kappa shape index (κ1) is 13.4. The summed E-state index contributed by atoms with van der Waals surface area (Å²) >= 11 is 0. The van der Waals surface area contributed by atoms with Gasteiger partial charge in [-0.1, -0.05) is 19.9 Å². The smallest absolute Gasteiger partial charge is 0.122 e. The fourth-order valence-corrected chi connectivity index (χ4v) is 2.61. The molecule has 3 heteroatoms. The first-order valence-corrected chi connectivity index (χ1v) is 6.68. The van der Waals surface area contributed by atoms with Crippen molar-refractivity contribution in [1.29, 1.82) is 0 Å². The number of β-amino-alcohol motifs (C(OH)–C–C–N with tert-alkyl or cyclic N) is 1. The summed E-state index contributed by atoms with van der Waals surface area (Å²) in [4.78, 5) is 0. The third kappa shape index (κ3) is 2.52. The molecule has 0 aliphatic carbocycles. The van der Waals surface area contributed by atoms with Gasteiger partial charge in [-0.2, -0.15) is 0 Å². The van der Waals surface area contributed by atoms with Crippen LogP contribution in [0.3, 0.4) is 0 Å². The Morgan fingerprint density at radius 2 is 2.17 bits per heavy atom. The number of benzene rings is 1. The van der Waals surface area contributed by atoms with Crippen molar-refractivity contribution in [2.75, 3.05) is 20.2 Å². The predicted octanol–water partition coefficient (Wildman–Crippen LogP) is 2.39. The highest BCUT2D eigenvalue weighted by Crippen LogP contribution is 2.34. The Morgan fingerprint density at radius 3 is 2.72 bits per heavy atom. The Morgan fingerprint density at radius 1 is 1.39 bits per heavy atom. The van der Waals surface area contributed by atoms with E-state index in [2.05, 4.69) is 25.2 Å². The molecule has 3 nitrogen and oxygen atoms in total. The number of methoxy groups -OCH3 is 1. The lowest BCUT2D eigenvalue weighted by Crippen LogP contribution is -2.43. The number of hydrogen-bond donors (Lipinski definition) is 2. The molecule has 1 aromatic rings. The molecule has 1 unspecified atom stereocenters. The maximum atomic E-state index is 10.7. The highest BCUT2D eigenvalue weighted by atomic mass is 16.5. The molecule has 0 amide bonds. The van der Waals surface area contributed by atoms with Crippen LogP contribution in [-0.4, -0.2) is 25.3 Å². The second-order valence-electron chi connectivity index (χ2n) is 5.42. The Labute approximate surface area is 109 Å². The van der Waals surface area contributed by atoms with Gasteiger partial charge in [0.25, 0.3) is 0 Å². The normalized spacial score (nSPS) is 24.3. The van der Waals surface area contributed by atoms with E-state index >= 15 is 0 Å². The summed E-state index contributed by atoms with van der Waals surface area (Å²) in [6, 6.07) is 6.05. The highest BCUT2D eigenvalue weighted by Gasteiger charge is 2.31. The van der Waals surface area contributed by atoms with Crippen molar-refractivity contribution in [2.45, 2.75) is 38.2 Å². The molecular formula is C15H23NO2. The lowest BCUT2D eigenvalue weighted by Gasteiger charge is -2.33. The molecule has 1 atom stereocenters. The van der Waals surface area contributed by atoms with Crippen LogP contribution in [0.25, 0.3) is 0 Å². The van der Waals surface area contributed by atoms with Crippen molar-refractivity contribution in [3.63, 3.8) is 0 Å². The highest BCUT2D eigenvalue weighted by molar-refractivity contribution is 5.41. The summed E-state index contributed by atoms with van der Waals surface area (Å²) in [5, 5.41) is 14.0. The van der Waals surface area contributed by atoms with Gasteiger partial charge in [0.05, 0.1) is 7.11 Å². The Bertz CT molecular complexity index is 409. The molecule has 0 saturated carbocycles. The van der Waals surface area contributed by atoms with Crippen LogP contribution < -0.4 is 10.1 Å². The van der Waals surface area contributed by atoms with Crippen LogP contribution in [0.15, 0.2) is 18.2 Å². The SMILES string of the molecule is COc1ccc(C2(O)CCCNC2)cc1C(C)C. The van der Waals surface area contributed by atoms with Gasteiger partial charge in [0, 0.05) is 6.54 Å². The van der Waals surface area contributed by atoms with E-state index in [9.17, 15) is 5.11 Å². The average Bonchev–Trinajstić information content (AvgIpc) is 2.38. The minimum Gasteiger partial charge on any atom is -0.496 e. The number of rotatable bonds is 3. The van der Waals surface area contributed by atoms with Crippen molar-refractivity contribution >= 4 is 0 Å². The van der Waals surface area contributed by atoms with E-state index in [1.165, 1.54) is 0 Å². The predicted molar refractivity (Wildman–Crippen MR) is 73.1 cm³/mol. The van der Waals surface area contributed by atoms with Gasteiger partial charge in [0.15, 0.2) is 0 Å². The molecule has 0 spiro atoms. The Kier molecular flexibility index (Phi) is 3.93. The summed E-state index contributed by atoms with van der Waals surface area (Å²) in [7, 11) is 1.69. The summed E-state index contributed by atoms with van der Waals surface area (Å²) in [5.41, 5.74) is 1.43. The largest absolute Gasteiger partial charge is 0.496 e. The molecule has 1 aliphatic heterocycles. The average molecular weight is 249 g/mol. The quantitative estimate of drug-likeness (QED) is 0.864. The molecule has 0 radical (unpaired) electrons. The number of piperidine rings is 1. The van der Waals surface area contributed by atoms with Crippen molar-refractivity contribution in [3.05, 3.63) is 29.3 Å². The van der Waals surface area contributed by atoms with Crippen LogP contribution in [0.5, 0.6) is 5.75 Å². The molecular weight excluding hydrogens is 226 g/mol. The molecule has 0 bridgehead atoms. The van der Waals surface area contributed by atoms with Gasteiger partial charge in [-0.25, -0.2) is 0 Å². The van der Waals surface area contributed by atoms with Crippen LogP contribution in [-0.2, 0) is 5.60 Å². The zero-order valence-corrected chi connectivity index (χ0v) is 11.5. The number of aliphatic hydroxyl groups is 1. The molecule has 2 rings (SSSR count). The van der Waals surface area contributed by atoms with Crippen LogP contribution >= 0.6 is 0 Å². The van der Waals surface area contributed by atoms with E-state index < -0.39 is 5.60 Å². The lowest BCUT2D eigenvalue weighted by molar-refractivity contribution is 0.0122. The van der Waals surface area contributed by atoms with E-state index in [1.54, 1.807) is 7.11 Å². The van der Waals surface area contributed by atoms with E-state index in [0.717, 1.165) is 36.3 Å². The van der Waals surface area contributed by atoms with Crippen LogP contribution in [0.1, 0.15) is 43.7 Å². The maximum Gasteiger partial charge on any atom is 0.122 e. The summed E-state index contributed by atoms with van der Waals surface area (Å²) in [6.07, 6.45) is 1.84. The van der Waals surface area contributed by atoms with Gasteiger partial charge < -0.3 is 15.2 Å². The molecule has 2 N–H and O–H groups in total. The zero-order chi connectivity index (χ0) is 13.2. The Hall–Kier alpha value is -1.06. The third-order valence-corrected chi connectivity index (χ3v) is 3.75. The minimum absolute atomic E-state index is 0.389. The lowest BCUT2D eigenvalue weighted by atomic mass is 9.84. The topological polar surface area (TPSA) is 41.5 Å². The van der Waals surface area contributed by atoms with Crippen molar-refractivity contribution in [1.82, 2.24) is 5.32 Å². The van der Waals surface area contributed by atoms with E-state index in [0.29, 0.717) is 12.5 Å². The minimum atomic E-state index is -0.728. The van der Waals surface area contributed by atoms with E-state index in [4.69, 9.17) is 4.74 Å². The zero-order valence-electron chi connectivity index (χ0n) is 11.5. The summed E-state index contributed by atoms with van der Waals surface area (Å²) < 4.78 is 5.38. The molecule has 100 valence electrons. The number of nitrogens with one attached hydrogen (secondary N) is 1. The van der Waals surface area contributed by atoms with Gasteiger partial charge in [-0.3, -0.25) is 0 Å². The molecule has 1 saturated heterocycles. The van der Waals surface area contributed by atoms with Crippen molar-refractivity contribution < 1.29 is 9.84 Å². The molecule has 1 aromatic carbocycles. The summed E-state index contributed by atoms with van der Waals surface area (Å²) in [5.74, 6) is 1.29. The van der Waals surface area contributed by atoms with Crippen LogP contribution in [0.4, 0.5) is 0 Å². The van der Waals surface area contributed by atoms with Crippen molar-refractivity contribution in [3.8, 4) is 5.75 Å². The van der Waals surface area contributed by atoms with Gasteiger partial charge >= 0.3 is 0 Å². The number of ether oxygens (including phenoxy) is 1. The first-order valence-electron chi connectivity index (χ1n) is 6.68. The van der Waals surface area contributed by atoms with Gasteiger partial charge in [0.1, 0.15) is 11.4 Å². The van der Waals surface area contributed by atoms with Gasteiger partial charge in [-0.15, -0.1) is 0 Å². The maximum absolute atomic E-state index is 10.7. The fourth-order valence-electron chi connectivity index (χ4n) is 2.61. The molecule has 0 aromatic heterocycles. The molecule has 1 heterocycles. The number of hydrogen-bond acceptors (Lipinski definition) is 3. The standard InChI is InChI=1S/C15H23NO2/c1-11(2)13-9-12(5-6-14(13)18-3)15(17)7-4-8-16-10-15/h5-6,9,11,16-17H,4,7-8,10H2,1-3H3. The van der Waals surface area contributed by atoms with E-state index in [1.807, 2.05) is 12.1 Å². The monoisotopic (exact) mass is 249 g/mol. The van der Waals surface area contributed by atoms with Crippen molar-refractivity contribution in [2.24, 2.45) is 0 Å². The van der Waals surface area contributed by atoms with Gasteiger partial charge in [-0.05, 0) is 48.6 Å². The first-order chi connectivity index (χ1) is 8.57. The van der Waals surface area contributed by atoms with Crippen LogP contribution in [0.2, 0.25) is 0 Å². The second kappa shape index (κ2) is 5.29. The summed E-state index contributed by atoms with van der Waals surface area (Å²) in [6.45, 7) is 5.92. The second-order valence-corrected chi connectivity index (χ2v) is 5.42. The molecule has 1 aliphatic rings. The van der Waals surface area contributed by atoms with Crippen LogP contribution in [0, 0.1) is 0 Å².